The molecule has 1 rings (SSSR count). The molecule has 5 nitrogen and oxygen atoms in total. The summed E-state index contributed by atoms with van der Waals surface area (Å²) in [4.78, 5) is 8.52. The van der Waals surface area contributed by atoms with Gasteiger partial charge in [0.1, 0.15) is 17.5 Å². The van der Waals surface area contributed by atoms with E-state index in [9.17, 15) is 0 Å². The molecule has 0 spiro atoms. The Morgan fingerprint density at radius 3 is 2.72 bits per heavy atom. The molecule has 1 aromatic rings. The van der Waals surface area contributed by atoms with Gasteiger partial charge in [-0.05, 0) is 18.8 Å². The third kappa shape index (κ3) is 4.87. The quantitative estimate of drug-likeness (QED) is 0.657. The highest BCUT2D eigenvalue weighted by atomic mass is 16.3. The van der Waals surface area contributed by atoms with Crippen LogP contribution in [0, 0.1) is 5.92 Å². The Labute approximate surface area is 109 Å². The van der Waals surface area contributed by atoms with E-state index in [0.717, 1.165) is 43.9 Å². The van der Waals surface area contributed by atoms with Gasteiger partial charge in [-0.2, -0.15) is 0 Å². The summed E-state index contributed by atoms with van der Waals surface area (Å²) < 4.78 is 0. The molecule has 1 atom stereocenters. The van der Waals surface area contributed by atoms with Gasteiger partial charge in [-0.3, -0.25) is 0 Å². The van der Waals surface area contributed by atoms with Crippen molar-refractivity contribution in [3.63, 3.8) is 0 Å². The maximum Gasteiger partial charge on any atom is 0.132 e. The van der Waals surface area contributed by atoms with Crippen molar-refractivity contribution in [1.29, 1.82) is 0 Å². The number of aromatic nitrogens is 2. The largest absolute Gasteiger partial charge is 0.396 e. The first kappa shape index (κ1) is 14.7. The second-order valence-electron chi connectivity index (χ2n) is 4.50. The smallest absolute Gasteiger partial charge is 0.132 e. The fraction of sp³-hybridized carbons (Fsp3) is 0.692. The monoisotopic (exact) mass is 252 g/mol. The number of aliphatic hydroxyl groups excluding tert-OH is 1. The summed E-state index contributed by atoms with van der Waals surface area (Å²) in [7, 11) is 0. The third-order valence-electron chi connectivity index (χ3n) is 2.91. The highest BCUT2D eigenvalue weighted by Gasteiger charge is 2.08. The average Bonchev–Trinajstić information content (AvgIpc) is 2.36. The van der Waals surface area contributed by atoms with Crippen molar-refractivity contribution in [2.45, 2.75) is 39.5 Å². The molecule has 102 valence electrons. The second-order valence-corrected chi connectivity index (χ2v) is 4.50. The van der Waals surface area contributed by atoms with E-state index in [0.29, 0.717) is 11.7 Å². The number of aryl methyl sites for hydroxylation is 1. The van der Waals surface area contributed by atoms with Crippen molar-refractivity contribution in [2.75, 3.05) is 24.2 Å². The minimum Gasteiger partial charge on any atom is -0.396 e. The lowest BCUT2D eigenvalue weighted by atomic mass is 10.0. The maximum absolute atomic E-state index is 9.01. The van der Waals surface area contributed by atoms with E-state index in [-0.39, 0.29) is 6.61 Å². The molecule has 0 saturated carbocycles. The lowest BCUT2D eigenvalue weighted by Crippen LogP contribution is -2.17. The van der Waals surface area contributed by atoms with Crippen LogP contribution in [0.25, 0.3) is 0 Å². The fourth-order valence-corrected chi connectivity index (χ4v) is 1.95. The van der Waals surface area contributed by atoms with Gasteiger partial charge in [0.2, 0.25) is 0 Å². The minimum absolute atomic E-state index is 0.235. The number of anilines is 2. The highest BCUT2D eigenvalue weighted by molar-refractivity contribution is 5.44. The summed E-state index contributed by atoms with van der Waals surface area (Å²) in [5.41, 5.74) is 5.73. The predicted octanol–water partition coefficient (Wildman–Crippen LogP) is 1.83. The fourth-order valence-electron chi connectivity index (χ4n) is 1.95. The standard InChI is InChI=1S/C13H24N4O/c1-3-5-10(6-7-18)9-15-13-8-11(14)16-12(4-2)17-13/h8,10,18H,3-7,9H2,1-2H3,(H3,14,15,16,17). The summed E-state index contributed by atoms with van der Waals surface area (Å²) in [6.45, 7) is 5.21. The molecule has 5 heteroatoms. The van der Waals surface area contributed by atoms with Crippen LogP contribution in [0.2, 0.25) is 0 Å². The molecule has 0 aliphatic rings. The first-order valence-corrected chi connectivity index (χ1v) is 6.67. The van der Waals surface area contributed by atoms with Gasteiger partial charge in [0.05, 0.1) is 0 Å². The molecule has 0 aromatic carbocycles. The summed E-state index contributed by atoms with van der Waals surface area (Å²) in [6, 6.07) is 1.75. The number of nitrogens with one attached hydrogen (secondary N) is 1. The average molecular weight is 252 g/mol. The van der Waals surface area contributed by atoms with Crippen LogP contribution in [0.4, 0.5) is 11.6 Å². The van der Waals surface area contributed by atoms with E-state index >= 15 is 0 Å². The van der Waals surface area contributed by atoms with Gasteiger partial charge in [0.15, 0.2) is 0 Å². The second kappa shape index (κ2) is 7.87. The highest BCUT2D eigenvalue weighted by Crippen LogP contribution is 2.14. The lowest BCUT2D eigenvalue weighted by molar-refractivity contribution is 0.255. The Balaban J connectivity index is 2.57. The molecular weight excluding hydrogens is 228 g/mol. The van der Waals surface area contributed by atoms with E-state index in [1.54, 1.807) is 6.07 Å². The first-order chi connectivity index (χ1) is 8.69. The van der Waals surface area contributed by atoms with Gasteiger partial charge in [0.25, 0.3) is 0 Å². The Morgan fingerprint density at radius 2 is 2.11 bits per heavy atom. The topological polar surface area (TPSA) is 84.1 Å². The van der Waals surface area contributed by atoms with E-state index in [4.69, 9.17) is 10.8 Å². The Kier molecular flexibility index (Phi) is 6.43. The zero-order chi connectivity index (χ0) is 13.4. The lowest BCUT2D eigenvalue weighted by Gasteiger charge is -2.16. The SMILES string of the molecule is CCCC(CCO)CNc1cc(N)nc(CC)n1. The molecule has 1 aromatic heterocycles. The number of nitrogen functional groups attached to an aromatic ring is 1. The van der Waals surface area contributed by atoms with Gasteiger partial charge in [-0.1, -0.05) is 20.3 Å². The molecule has 0 aliphatic carbocycles. The van der Waals surface area contributed by atoms with Gasteiger partial charge in [-0.25, -0.2) is 9.97 Å². The van der Waals surface area contributed by atoms with Gasteiger partial charge in [-0.15, -0.1) is 0 Å². The molecule has 18 heavy (non-hydrogen) atoms. The number of rotatable bonds is 8. The molecule has 1 unspecified atom stereocenters. The zero-order valence-corrected chi connectivity index (χ0v) is 11.3. The molecule has 0 aliphatic heterocycles. The zero-order valence-electron chi connectivity index (χ0n) is 11.3. The Bertz CT molecular complexity index is 351. The number of hydrogen-bond acceptors (Lipinski definition) is 5. The van der Waals surface area contributed by atoms with E-state index in [2.05, 4.69) is 22.2 Å². The van der Waals surface area contributed by atoms with Crippen molar-refractivity contribution in [2.24, 2.45) is 5.92 Å². The summed E-state index contributed by atoms with van der Waals surface area (Å²) in [6.07, 6.45) is 3.82. The van der Waals surface area contributed by atoms with Crippen LogP contribution in [0.3, 0.4) is 0 Å². The van der Waals surface area contributed by atoms with Gasteiger partial charge in [0, 0.05) is 25.6 Å². The molecular formula is C13H24N4O. The van der Waals surface area contributed by atoms with Crippen molar-refractivity contribution in [3.05, 3.63) is 11.9 Å². The third-order valence-corrected chi connectivity index (χ3v) is 2.91. The van der Waals surface area contributed by atoms with Crippen LogP contribution in [0.1, 0.15) is 38.9 Å². The van der Waals surface area contributed by atoms with E-state index < -0.39 is 0 Å². The molecule has 1 heterocycles. The summed E-state index contributed by atoms with van der Waals surface area (Å²) in [5.74, 6) is 2.50. The normalized spacial score (nSPS) is 12.4. The number of aliphatic hydroxyl groups is 1. The van der Waals surface area contributed by atoms with Crippen LogP contribution < -0.4 is 11.1 Å². The van der Waals surface area contributed by atoms with Crippen LogP contribution in [0.15, 0.2) is 6.07 Å². The molecule has 0 radical (unpaired) electrons. The van der Waals surface area contributed by atoms with Crippen molar-refractivity contribution in [1.82, 2.24) is 9.97 Å². The van der Waals surface area contributed by atoms with Crippen molar-refractivity contribution >= 4 is 11.6 Å². The van der Waals surface area contributed by atoms with Crippen LogP contribution in [0.5, 0.6) is 0 Å². The van der Waals surface area contributed by atoms with E-state index in [1.165, 1.54) is 0 Å². The van der Waals surface area contributed by atoms with Crippen molar-refractivity contribution in [3.8, 4) is 0 Å². The number of nitrogens with zero attached hydrogens (tertiary/aromatic N) is 2. The summed E-state index contributed by atoms with van der Waals surface area (Å²) in [5, 5.41) is 12.3. The molecule has 4 N–H and O–H groups in total. The van der Waals surface area contributed by atoms with Crippen LogP contribution >= 0.6 is 0 Å². The molecule has 0 bridgehead atoms. The van der Waals surface area contributed by atoms with Crippen molar-refractivity contribution < 1.29 is 5.11 Å². The van der Waals surface area contributed by atoms with Gasteiger partial charge >= 0.3 is 0 Å². The van der Waals surface area contributed by atoms with E-state index in [1.807, 2.05) is 6.92 Å². The Hall–Kier alpha value is -1.36. The van der Waals surface area contributed by atoms with Crippen LogP contribution in [-0.2, 0) is 6.42 Å². The van der Waals surface area contributed by atoms with Gasteiger partial charge < -0.3 is 16.2 Å². The minimum atomic E-state index is 0.235. The molecule has 0 amide bonds. The predicted molar refractivity (Wildman–Crippen MR) is 74.4 cm³/mol. The Morgan fingerprint density at radius 1 is 1.33 bits per heavy atom. The van der Waals surface area contributed by atoms with Crippen LogP contribution in [-0.4, -0.2) is 28.2 Å². The molecule has 0 saturated heterocycles. The number of hydrogen-bond donors (Lipinski definition) is 3. The summed E-state index contributed by atoms with van der Waals surface area (Å²) >= 11 is 0. The number of nitrogens with two attached hydrogens (primary N) is 1. The first-order valence-electron chi connectivity index (χ1n) is 6.67. The molecule has 0 fully saturated rings. The maximum atomic E-state index is 9.01.